The Balaban J connectivity index is 1.13. The van der Waals surface area contributed by atoms with Gasteiger partial charge in [-0.05, 0) is 98.8 Å². The van der Waals surface area contributed by atoms with E-state index >= 15 is 0 Å². The van der Waals surface area contributed by atoms with Crippen LogP contribution in [0.15, 0.2) is 149 Å². The Labute approximate surface area is 448 Å². The Kier molecular flexibility index (Phi) is 18.1. The number of nitriles is 1. The Hall–Kier alpha value is -6.93. The van der Waals surface area contributed by atoms with Crippen molar-refractivity contribution in [1.82, 2.24) is 24.1 Å². The minimum atomic E-state index is -1.85. The number of fused-ring (bicyclic) bond motifs is 1. The lowest BCUT2D eigenvalue weighted by molar-refractivity contribution is -0.0931. The fourth-order valence-corrected chi connectivity index (χ4v) is 11.9. The van der Waals surface area contributed by atoms with Crippen LogP contribution in [0.4, 0.5) is 0 Å². The van der Waals surface area contributed by atoms with Crippen LogP contribution in [0.25, 0.3) is 10.9 Å². The number of halogens is 1. The van der Waals surface area contributed by atoms with E-state index in [1.165, 1.54) is 15.3 Å². The molecule has 0 aliphatic carbocycles. The fraction of sp³-hybridized carbons (Fsp3) is 0.328. The lowest BCUT2D eigenvalue weighted by atomic mass is 9.80. The quantitative estimate of drug-likeness (QED) is 0.0372. The van der Waals surface area contributed by atoms with Crippen molar-refractivity contribution in [3.63, 3.8) is 0 Å². The van der Waals surface area contributed by atoms with Crippen LogP contribution in [0.2, 0.25) is 5.02 Å². The van der Waals surface area contributed by atoms with Gasteiger partial charge in [-0.25, -0.2) is 9.46 Å². The molecule has 396 valence electrons. The van der Waals surface area contributed by atoms with Crippen molar-refractivity contribution in [2.75, 3.05) is 34.0 Å². The van der Waals surface area contributed by atoms with Gasteiger partial charge in [0.1, 0.15) is 41.1 Å². The van der Waals surface area contributed by atoms with Gasteiger partial charge in [0.25, 0.3) is 25.9 Å². The van der Waals surface area contributed by atoms with Gasteiger partial charge >= 0.3 is 5.69 Å². The first-order valence-electron chi connectivity index (χ1n) is 25.1. The van der Waals surface area contributed by atoms with Crippen LogP contribution < -0.4 is 26.0 Å². The minimum absolute atomic E-state index is 0.0374. The molecule has 7 aromatic rings. The van der Waals surface area contributed by atoms with Gasteiger partial charge in [-0.2, -0.15) is 5.26 Å². The predicted molar refractivity (Wildman–Crippen MR) is 292 cm³/mol. The van der Waals surface area contributed by atoms with Crippen LogP contribution in [-0.2, 0) is 30.5 Å². The second kappa shape index (κ2) is 24.8. The number of benzene rings is 5. The van der Waals surface area contributed by atoms with E-state index in [0.29, 0.717) is 34.0 Å². The van der Waals surface area contributed by atoms with Gasteiger partial charge in [0.15, 0.2) is 0 Å². The maximum absolute atomic E-state index is 14.1. The smallest absolute Gasteiger partial charge is 0.330 e. The molecule has 1 fully saturated rings. The number of para-hydroxylation sites is 1. The van der Waals surface area contributed by atoms with Crippen LogP contribution >= 0.6 is 20.1 Å². The third-order valence-electron chi connectivity index (χ3n) is 13.4. The van der Waals surface area contributed by atoms with Crippen LogP contribution in [0.3, 0.4) is 0 Å². The van der Waals surface area contributed by atoms with Gasteiger partial charge < -0.3 is 33.3 Å². The summed E-state index contributed by atoms with van der Waals surface area (Å²) in [4.78, 5) is 57.7. The molecule has 5 aromatic carbocycles. The molecule has 1 aliphatic rings. The molecule has 76 heavy (non-hydrogen) atoms. The van der Waals surface area contributed by atoms with E-state index < -0.39 is 55.6 Å². The number of hydrogen-bond acceptors (Lipinski definition) is 12. The van der Waals surface area contributed by atoms with Gasteiger partial charge in [-0.15, -0.1) is 0 Å². The summed E-state index contributed by atoms with van der Waals surface area (Å²) in [5.74, 6) is -0.353. The minimum Gasteiger partial charge on any atom is -0.497 e. The molecule has 0 radical (unpaired) electrons. The highest BCUT2D eigenvalue weighted by Gasteiger charge is 2.49. The molecular formula is C58H62ClN6O10P. The highest BCUT2D eigenvalue weighted by molar-refractivity contribution is 7.44. The average Bonchev–Trinajstić information content (AvgIpc) is 3.95. The van der Waals surface area contributed by atoms with E-state index in [4.69, 9.17) is 39.6 Å². The van der Waals surface area contributed by atoms with Crippen molar-refractivity contribution in [2.24, 2.45) is 5.92 Å². The fourth-order valence-electron chi connectivity index (χ4n) is 9.80. The Morgan fingerprint density at radius 2 is 1.43 bits per heavy atom. The summed E-state index contributed by atoms with van der Waals surface area (Å²) in [5, 5.41) is 13.5. The van der Waals surface area contributed by atoms with Crippen molar-refractivity contribution in [1.29, 1.82) is 5.26 Å². The first kappa shape index (κ1) is 55.3. The molecule has 8 rings (SSSR count). The lowest BCUT2D eigenvalue weighted by Crippen LogP contribution is -2.41. The van der Waals surface area contributed by atoms with Gasteiger partial charge in [-0.1, -0.05) is 103 Å². The standard InChI is InChI=1S/C58H62ClN6O10P/c1-37(2)65(38(3)4)76(73-33-15-31-60)75-52-39(5)56(74-51(52)36-72-58(41-16-9-8-10-17-41,42-22-26-44(70-6)27-23-42)43-24-28-45(71-7)29-25-43)64-35-48(54(67)62-57(64)69)53(66)61-32-30-40-34-63(50-21-14-12-18-46(40)50)55(68)47-19-11-13-20-49(47)59/h8-14,16-29,34-35,37-39,51-52,56H,15,30,32-33,36H2,1-7H3,(H,61,66)(H,62,67,69)/t39-,51+,52?,56+,76?/m0/s1. The normalized spacial score (nSPS) is 17.0. The molecule has 1 aliphatic heterocycles. The zero-order valence-corrected chi connectivity index (χ0v) is 45.1. The number of nitrogens with zero attached hydrogens (tertiary/aromatic N) is 4. The summed E-state index contributed by atoms with van der Waals surface area (Å²) in [6.45, 7) is 10.1. The number of methoxy groups -OCH3 is 2. The Bertz CT molecular complexity index is 3230. The number of aromatic amines is 1. The largest absolute Gasteiger partial charge is 0.497 e. The number of rotatable bonds is 22. The number of amides is 1. The van der Waals surface area contributed by atoms with Crippen LogP contribution in [0.1, 0.15) is 90.2 Å². The molecule has 18 heteroatoms. The molecule has 1 amide bonds. The molecular weight excluding hydrogens is 1010 g/mol. The highest BCUT2D eigenvalue weighted by atomic mass is 35.5. The first-order chi connectivity index (χ1) is 36.7. The third kappa shape index (κ3) is 11.7. The molecule has 2 unspecified atom stereocenters. The number of aromatic nitrogens is 3. The van der Waals surface area contributed by atoms with E-state index in [1.807, 2.05) is 138 Å². The molecule has 2 aromatic heterocycles. The Morgan fingerprint density at radius 1 is 0.829 bits per heavy atom. The van der Waals surface area contributed by atoms with E-state index in [9.17, 15) is 24.4 Å². The maximum Gasteiger partial charge on any atom is 0.330 e. The summed E-state index contributed by atoms with van der Waals surface area (Å²) in [7, 11) is 1.36. The van der Waals surface area contributed by atoms with Crippen molar-refractivity contribution >= 4 is 42.8 Å². The first-order valence-corrected chi connectivity index (χ1v) is 26.6. The second-order valence-corrected chi connectivity index (χ2v) is 20.7. The molecule has 2 N–H and O–H groups in total. The SMILES string of the molecule is COc1ccc(C(OC[C@H]2O[C@@H](n3cc(C(=O)NCCc4cn(C(=O)c5ccccc5Cl)c5ccccc45)c(=O)[nH]c3=O)[C@@H](C)C2OP(OCCC#N)N(C(C)C)C(C)C)(c2ccccc2)c2ccc(OC)cc2)cc1. The zero-order valence-electron chi connectivity index (χ0n) is 43.5. The van der Waals surface area contributed by atoms with Crippen LogP contribution in [0, 0.1) is 17.2 Å². The predicted octanol–water partition coefficient (Wildman–Crippen LogP) is 10.0. The number of ether oxygens (including phenoxy) is 4. The number of nitrogens with one attached hydrogen (secondary N) is 2. The topological polar surface area (TPSA) is 188 Å². The number of hydrogen-bond donors (Lipinski definition) is 2. The van der Waals surface area contributed by atoms with Gasteiger partial charge in [-0.3, -0.25) is 28.5 Å². The molecule has 3 heterocycles. The molecule has 1 saturated heterocycles. The third-order valence-corrected chi connectivity index (χ3v) is 15.9. The maximum atomic E-state index is 14.1. The zero-order chi connectivity index (χ0) is 54.1. The highest BCUT2D eigenvalue weighted by Crippen LogP contribution is 2.52. The van der Waals surface area contributed by atoms with E-state index in [-0.39, 0.29) is 49.7 Å². The van der Waals surface area contributed by atoms with Crippen LogP contribution in [0.5, 0.6) is 11.5 Å². The average molecular weight is 1070 g/mol. The second-order valence-electron chi connectivity index (χ2n) is 18.9. The van der Waals surface area contributed by atoms with E-state index in [0.717, 1.165) is 27.6 Å². The van der Waals surface area contributed by atoms with Crippen molar-refractivity contribution in [2.45, 2.75) is 83.6 Å². The number of H-pyrrole nitrogens is 1. The summed E-state index contributed by atoms with van der Waals surface area (Å²) in [6.07, 6.45) is 0.576. The van der Waals surface area contributed by atoms with Gasteiger partial charge in [0, 0.05) is 42.3 Å². The van der Waals surface area contributed by atoms with Crippen molar-refractivity contribution < 1.29 is 37.6 Å². The molecule has 16 nitrogen and oxygen atoms in total. The summed E-state index contributed by atoms with van der Waals surface area (Å²) >= 11 is 6.41. The molecule has 5 atom stereocenters. The van der Waals surface area contributed by atoms with Gasteiger partial charge in [0.05, 0.1) is 56.0 Å². The van der Waals surface area contributed by atoms with Crippen molar-refractivity contribution in [3.05, 3.63) is 199 Å². The summed E-state index contributed by atoms with van der Waals surface area (Å²) in [6, 6.07) is 41.4. The monoisotopic (exact) mass is 1070 g/mol. The van der Waals surface area contributed by atoms with Crippen molar-refractivity contribution in [3.8, 4) is 17.6 Å². The number of carbonyl (C=O) groups is 2. The lowest BCUT2D eigenvalue weighted by Gasteiger charge is -2.39. The number of carbonyl (C=O) groups excluding carboxylic acids is 2. The van der Waals surface area contributed by atoms with E-state index in [1.54, 1.807) is 44.7 Å². The summed E-state index contributed by atoms with van der Waals surface area (Å²) in [5.41, 5.74) is 0.894. The van der Waals surface area contributed by atoms with E-state index in [2.05, 4.69) is 21.0 Å². The van der Waals surface area contributed by atoms with Crippen LogP contribution in [-0.4, -0.2) is 88.9 Å². The molecule has 0 bridgehead atoms. The molecule has 0 spiro atoms. The van der Waals surface area contributed by atoms with Gasteiger partial charge in [0.2, 0.25) is 0 Å². The Morgan fingerprint density at radius 3 is 2.05 bits per heavy atom. The summed E-state index contributed by atoms with van der Waals surface area (Å²) < 4.78 is 43.8. The molecule has 0 saturated carbocycles.